The minimum absolute atomic E-state index is 0.0266. The Hall–Kier alpha value is -2.77. The Morgan fingerprint density at radius 1 is 0.929 bits per heavy atom. The zero-order valence-electron chi connectivity index (χ0n) is 24.6. The van der Waals surface area contributed by atoms with E-state index in [4.69, 9.17) is 4.98 Å². The minimum Gasteiger partial charge on any atom is -0.389 e. The second-order valence-corrected chi connectivity index (χ2v) is 13.7. The molecule has 8 rings (SSSR count). The van der Waals surface area contributed by atoms with Gasteiger partial charge in [-0.2, -0.15) is 0 Å². The van der Waals surface area contributed by atoms with Gasteiger partial charge in [-0.25, -0.2) is 0 Å². The van der Waals surface area contributed by atoms with Crippen LogP contribution in [0.1, 0.15) is 63.5 Å². The third-order valence-corrected chi connectivity index (χ3v) is 11.2. The Kier molecular flexibility index (Phi) is 6.67. The first kappa shape index (κ1) is 26.8. The molecular weight excluding hydrogens is 520 g/mol. The summed E-state index contributed by atoms with van der Waals surface area (Å²) in [5.41, 5.74) is 3.29. The molecule has 7 unspecified atom stereocenters. The number of aromatic nitrogens is 2. The molecule has 2 fully saturated rings. The summed E-state index contributed by atoms with van der Waals surface area (Å²) < 4.78 is 0. The van der Waals surface area contributed by atoms with Crippen LogP contribution in [-0.2, 0) is 0 Å². The van der Waals surface area contributed by atoms with E-state index in [0.29, 0.717) is 18.4 Å². The van der Waals surface area contributed by atoms with Crippen molar-refractivity contribution in [3.8, 4) is 0 Å². The molecule has 42 heavy (non-hydrogen) atoms. The Bertz CT molecular complexity index is 1570. The van der Waals surface area contributed by atoms with Gasteiger partial charge in [-0.1, -0.05) is 42.5 Å². The normalized spacial score (nSPS) is 37.3. The van der Waals surface area contributed by atoms with E-state index in [1.165, 1.54) is 29.2 Å². The number of fused-ring (bicyclic) bond motifs is 5. The van der Waals surface area contributed by atoms with Gasteiger partial charge in [0, 0.05) is 40.5 Å². The summed E-state index contributed by atoms with van der Waals surface area (Å²) in [5.74, 6) is 0.324. The van der Waals surface area contributed by atoms with Gasteiger partial charge in [-0.3, -0.25) is 9.88 Å². The van der Waals surface area contributed by atoms with Crippen molar-refractivity contribution in [2.75, 3.05) is 26.2 Å². The molecule has 0 saturated carbocycles. The second kappa shape index (κ2) is 10.4. The van der Waals surface area contributed by atoms with Crippen LogP contribution in [0.4, 0.5) is 0 Å². The number of aromatic amines is 1. The van der Waals surface area contributed by atoms with Crippen molar-refractivity contribution >= 4 is 27.4 Å². The number of piperidine rings is 1. The van der Waals surface area contributed by atoms with Gasteiger partial charge in [0.2, 0.25) is 0 Å². The van der Waals surface area contributed by atoms with Gasteiger partial charge in [-0.05, 0) is 107 Å². The average Bonchev–Trinajstić information content (AvgIpc) is 3.50. The Balaban J connectivity index is 1.35. The second-order valence-electron chi connectivity index (χ2n) is 13.7. The van der Waals surface area contributed by atoms with Gasteiger partial charge in [-0.15, -0.1) is 0 Å². The van der Waals surface area contributed by atoms with Crippen LogP contribution in [0.25, 0.3) is 27.4 Å². The molecule has 7 atom stereocenters. The van der Waals surface area contributed by atoms with E-state index in [2.05, 4.69) is 69.4 Å². The van der Waals surface area contributed by atoms with Crippen LogP contribution in [0.2, 0.25) is 0 Å². The molecule has 0 radical (unpaired) electrons. The summed E-state index contributed by atoms with van der Waals surface area (Å²) >= 11 is 0. The molecule has 3 bridgehead atoms. The van der Waals surface area contributed by atoms with E-state index in [-0.39, 0.29) is 11.5 Å². The summed E-state index contributed by atoms with van der Waals surface area (Å²) in [6.07, 6.45) is 21.7. The zero-order chi connectivity index (χ0) is 28.3. The van der Waals surface area contributed by atoms with E-state index in [0.717, 1.165) is 81.4 Å². The van der Waals surface area contributed by atoms with Crippen molar-refractivity contribution in [1.82, 2.24) is 19.8 Å². The molecule has 1 aromatic carbocycles. The summed E-state index contributed by atoms with van der Waals surface area (Å²) in [6, 6.07) is 11.0. The molecule has 220 valence electrons. The fraction of sp³-hybridized carbons (Fsp3) is 0.528. The molecule has 4 aliphatic heterocycles. The molecule has 3 N–H and O–H groups in total. The molecular formula is C36H44N4O2. The van der Waals surface area contributed by atoms with E-state index in [9.17, 15) is 10.2 Å². The van der Waals surface area contributed by atoms with E-state index >= 15 is 0 Å². The molecule has 0 amide bonds. The fourth-order valence-electron chi connectivity index (χ4n) is 9.60. The number of aliphatic hydroxyl groups is 2. The van der Waals surface area contributed by atoms with Crippen molar-refractivity contribution < 1.29 is 10.2 Å². The van der Waals surface area contributed by atoms with E-state index in [1.807, 2.05) is 12.3 Å². The number of nitrogens with zero attached hydrogens (tertiary/aromatic N) is 3. The van der Waals surface area contributed by atoms with Gasteiger partial charge in [0.25, 0.3) is 0 Å². The molecule has 6 heterocycles. The minimum atomic E-state index is -1.06. The van der Waals surface area contributed by atoms with Crippen LogP contribution < -0.4 is 0 Å². The van der Waals surface area contributed by atoms with Crippen molar-refractivity contribution in [2.24, 2.45) is 11.3 Å². The first-order chi connectivity index (χ1) is 20.6. The Morgan fingerprint density at radius 3 is 2.79 bits per heavy atom. The number of aliphatic hydroxyl groups excluding tert-OH is 1. The molecule has 6 nitrogen and oxygen atoms in total. The quantitative estimate of drug-likeness (QED) is 0.325. The number of hydrogen-bond acceptors (Lipinski definition) is 5. The third kappa shape index (κ3) is 4.25. The lowest BCUT2D eigenvalue weighted by molar-refractivity contribution is -0.0850. The number of benzene rings is 1. The topological polar surface area (TPSA) is 75.6 Å². The molecule has 2 aromatic heterocycles. The lowest BCUT2D eigenvalue weighted by Crippen LogP contribution is -2.65. The zero-order valence-corrected chi connectivity index (χ0v) is 24.6. The maximum atomic E-state index is 13.0. The Morgan fingerprint density at radius 2 is 1.83 bits per heavy atom. The first-order valence-corrected chi connectivity index (χ1v) is 16.4. The smallest absolute Gasteiger partial charge is 0.103 e. The highest BCUT2D eigenvalue weighted by Gasteiger charge is 2.65. The average molecular weight is 565 g/mol. The lowest BCUT2D eigenvalue weighted by Gasteiger charge is -2.58. The Labute approximate surface area is 248 Å². The maximum absolute atomic E-state index is 13.0. The molecule has 5 aliphatic rings. The lowest BCUT2D eigenvalue weighted by atomic mass is 9.54. The predicted octanol–water partition coefficient (Wildman–Crippen LogP) is 5.83. The number of hydrogen-bond donors (Lipinski definition) is 3. The van der Waals surface area contributed by atoms with Crippen molar-refractivity contribution in [1.29, 1.82) is 0 Å². The SMILES string of the molecule is OC1C=CCC2(O)C=C(c3nccc4c3[nH]c3ccccc34)C3CCN(CCCC1)CC31CC3C=CCCCCN3C21. The molecule has 6 heteroatoms. The van der Waals surface area contributed by atoms with Gasteiger partial charge in [0.05, 0.1) is 23.4 Å². The standard InChI is InChI=1S/C36H44N4O2/c41-26-11-6-8-19-39-21-16-30-29(32-33-28(15-18-37-32)27-13-4-5-14-31(27)38-33)23-36(42,17-9-12-26)34-35(30,24-39)22-25-10-3-1-2-7-20-40(25)34/h3-5,9-10,12-15,18,23,25-26,30,34,38,41-42H,1-2,6-8,11,16-17,19-22,24H2. The van der Waals surface area contributed by atoms with Gasteiger partial charge in [0.15, 0.2) is 0 Å². The summed E-state index contributed by atoms with van der Waals surface area (Å²) in [6.45, 7) is 4.17. The van der Waals surface area contributed by atoms with Crippen LogP contribution in [-0.4, -0.2) is 79.9 Å². The van der Waals surface area contributed by atoms with Crippen LogP contribution >= 0.6 is 0 Å². The van der Waals surface area contributed by atoms with E-state index < -0.39 is 11.7 Å². The monoisotopic (exact) mass is 564 g/mol. The number of pyridine rings is 1. The summed E-state index contributed by atoms with van der Waals surface area (Å²) in [4.78, 5) is 14.2. The van der Waals surface area contributed by atoms with Crippen LogP contribution in [0, 0.1) is 11.3 Å². The van der Waals surface area contributed by atoms with Crippen LogP contribution in [0.15, 0.2) is 66.9 Å². The van der Waals surface area contributed by atoms with E-state index in [1.54, 1.807) is 0 Å². The highest BCUT2D eigenvalue weighted by Crippen LogP contribution is 2.61. The van der Waals surface area contributed by atoms with Crippen molar-refractivity contribution in [3.05, 3.63) is 72.6 Å². The molecule has 3 aromatic rings. The first-order valence-electron chi connectivity index (χ1n) is 16.4. The number of rotatable bonds is 1. The van der Waals surface area contributed by atoms with Crippen LogP contribution in [0.5, 0.6) is 0 Å². The molecule has 1 aliphatic carbocycles. The third-order valence-electron chi connectivity index (χ3n) is 11.2. The fourth-order valence-corrected chi connectivity index (χ4v) is 9.60. The highest BCUT2D eigenvalue weighted by atomic mass is 16.3. The van der Waals surface area contributed by atoms with Crippen molar-refractivity contribution in [3.63, 3.8) is 0 Å². The summed E-state index contributed by atoms with van der Waals surface area (Å²) in [7, 11) is 0. The van der Waals surface area contributed by atoms with Gasteiger partial charge in [0.1, 0.15) is 5.60 Å². The van der Waals surface area contributed by atoms with Crippen LogP contribution in [0.3, 0.4) is 0 Å². The summed E-state index contributed by atoms with van der Waals surface area (Å²) in [5, 5.41) is 26.2. The number of nitrogens with one attached hydrogen (secondary N) is 1. The van der Waals surface area contributed by atoms with Gasteiger partial charge < -0.3 is 20.1 Å². The van der Waals surface area contributed by atoms with Gasteiger partial charge >= 0.3 is 0 Å². The highest BCUT2D eigenvalue weighted by molar-refractivity contribution is 6.09. The largest absolute Gasteiger partial charge is 0.389 e. The van der Waals surface area contributed by atoms with Crippen molar-refractivity contribution in [2.45, 2.75) is 81.6 Å². The maximum Gasteiger partial charge on any atom is 0.103 e. The molecule has 2 saturated heterocycles. The molecule has 1 spiro atoms. The predicted molar refractivity (Wildman–Crippen MR) is 169 cm³/mol. The number of para-hydroxylation sites is 1. The number of H-pyrrole nitrogens is 1. The number of allylic oxidation sites excluding steroid dienone is 2.